The monoisotopic (exact) mass is 220 g/mol. The van der Waals surface area contributed by atoms with E-state index in [4.69, 9.17) is 11.6 Å². The Hall–Kier alpha value is -1.82. The summed E-state index contributed by atoms with van der Waals surface area (Å²) in [5, 5.41) is 2.36. The fourth-order valence-corrected chi connectivity index (χ4v) is 1.72. The molecule has 2 aromatic rings. The Bertz CT molecular complexity index is 513. The second kappa shape index (κ2) is 3.64. The third kappa shape index (κ3) is 1.57. The third-order valence-electron chi connectivity index (χ3n) is 2.46. The summed E-state index contributed by atoms with van der Waals surface area (Å²) in [4.78, 5) is 8.38. The maximum Gasteiger partial charge on any atom is 0.224 e. The number of hydrogen-bond donors (Lipinski definition) is 2. The maximum absolute atomic E-state index is 5.71. The first-order valence-electron chi connectivity index (χ1n) is 5.13. The number of aromatic nitrogens is 3. The first-order valence-corrected chi connectivity index (χ1v) is 5.13. The summed E-state index contributed by atoms with van der Waals surface area (Å²) >= 11 is 0. The van der Waals surface area contributed by atoms with Crippen LogP contribution in [0.15, 0.2) is 12.3 Å². The fourth-order valence-electron chi connectivity index (χ4n) is 1.72. The minimum absolute atomic E-state index is 0.236. The molecule has 0 aliphatic carbocycles. The highest BCUT2D eigenvalue weighted by Crippen LogP contribution is 2.25. The molecule has 6 nitrogen and oxygen atoms in total. The molecule has 0 aromatic carbocycles. The Balaban J connectivity index is 2.75. The van der Waals surface area contributed by atoms with Gasteiger partial charge in [-0.2, -0.15) is 9.97 Å². The number of nitrogens with zero attached hydrogens (tertiary/aromatic N) is 4. The van der Waals surface area contributed by atoms with E-state index in [2.05, 4.69) is 23.8 Å². The molecule has 0 aliphatic rings. The lowest BCUT2D eigenvalue weighted by Gasteiger charge is -2.13. The van der Waals surface area contributed by atoms with Gasteiger partial charge in [0.05, 0.1) is 5.39 Å². The zero-order valence-electron chi connectivity index (χ0n) is 9.68. The standard InChI is InChI=1S/C10H16N6/c1-6(2)16-5-4-7-8(15(3)12)13-10(11)14-9(7)16/h4-6H,12H2,1-3H3,(H2,11,13,14). The SMILES string of the molecule is CC(C)n1ccc2c(N(C)N)nc(N)nc21. The molecule has 0 spiro atoms. The molecular weight excluding hydrogens is 204 g/mol. The van der Waals surface area contributed by atoms with Crippen molar-refractivity contribution in [3.8, 4) is 0 Å². The molecule has 86 valence electrons. The van der Waals surface area contributed by atoms with Crippen molar-refractivity contribution in [3.05, 3.63) is 12.3 Å². The van der Waals surface area contributed by atoms with Gasteiger partial charge in [0.25, 0.3) is 0 Å². The molecule has 2 rings (SSSR count). The van der Waals surface area contributed by atoms with E-state index >= 15 is 0 Å². The van der Waals surface area contributed by atoms with Crippen LogP contribution in [0.1, 0.15) is 19.9 Å². The van der Waals surface area contributed by atoms with E-state index < -0.39 is 0 Å². The Labute approximate surface area is 93.8 Å². The van der Waals surface area contributed by atoms with Crippen LogP contribution in [0.5, 0.6) is 0 Å². The molecule has 0 fully saturated rings. The molecular formula is C10H16N6. The van der Waals surface area contributed by atoms with E-state index in [0.29, 0.717) is 11.9 Å². The first kappa shape index (κ1) is 10.7. The van der Waals surface area contributed by atoms with Crippen molar-refractivity contribution in [3.63, 3.8) is 0 Å². The lowest BCUT2D eigenvalue weighted by Crippen LogP contribution is -2.26. The third-order valence-corrected chi connectivity index (χ3v) is 2.46. The van der Waals surface area contributed by atoms with Crippen LogP contribution in [0.2, 0.25) is 0 Å². The molecule has 0 atom stereocenters. The highest BCUT2D eigenvalue weighted by atomic mass is 15.4. The molecule has 0 aliphatic heterocycles. The summed E-state index contributed by atoms with van der Waals surface area (Å²) in [6.45, 7) is 4.17. The Morgan fingerprint density at radius 3 is 2.62 bits per heavy atom. The van der Waals surface area contributed by atoms with Crippen LogP contribution in [0, 0.1) is 0 Å². The summed E-state index contributed by atoms with van der Waals surface area (Å²) < 4.78 is 2.04. The van der Waals surface area contributed by atoms with Crippen molar-refractivity contribution in [1.82, 2.24) is 14.5 Å². The van der Waals surface area contributed by atoms with Gasteiger partial charge in [0.15, 0.2) is 5.82 Å². The number of anilines is 2. The average molecular weight is 220 g/mol. The van der Waals surface area contributed by atoms with Gasteiger partial charge < -0.3 is 10.3 Å². The first-order chi connectivity index (χ1) is 7.50. The van der Waals surface area contributed by atoms with Gasteiger partial charge in [0.2, 0.25) is 5.95 Å². The molecule has 0 saturated heterocycles. The molecule has 0 radical (unpaired) electrons. The minimum Gasteiger partial charge on any atom is -0.368 e. The summed E-state index contributed by atoms with van der Waals surface area (Å²) in [7, 11) is 1.73. The Morgan fingerprint density at radius 2 is 2.06 bits per heavy atom. The lowest BCUT2D eigenvalue weighted by molar-refractivity contribution is 0.618. The van der Waals surface area contributed by atoms with Crippen molar-refractivity contribution >= 4 is 22.8 Å². The van der Waals surface area contributed by atoms with Gasteiger partial charge in [0, 0.05) is 19.3 Å². The summed E-state index contributed by atoms with van der Waals surface area (Å²) in [6.07, 6.45) is 1.97. The highest BCUT2D eigenvalue weighted by Gasteiger charge is 2.13. The van der Waals surface area contributed by atoms with Gasteiger partial charge in [0.1, 0.15) is 5.65 Å². The van der Waals surface area contributed by atoms with Crippen molar-refractivity contribution < 1.29 is 0 Å². The molecule has 0 amide bonds. The molecule has 16 heavy (non-hydrogen) atoms. The van der Waals surface area contributed by atoms with Crippen LogP contribution in [0.4, 0.5) is 11.8 Å². The van der Waals surface area contributed by atoms with Crippen LogP contribution in [-0.4, -0.2) is 21.6 Å². The maximum atomic E-state index is 5.71. The van der Waals surface area contributed by atoms with Crippen LogP contribution in [0.3, 0.4) is 0 Å². The van der Waals surface area contributed by atoms with Crippen LogP contribution >= 0.6 is 0 Å². The van der Waals surface area contributed by atoms with Gasteiger partial charge in [-0.05, 0) is 19.9 Å². The predicted molar refractivity (Wildman–Crippen MR) is 64.9 cm³/mol. The number of hydrogen-bond acceptors (Lipinski definition) is 5. The van der Waals surface area contributed by atoms with E-state index in [-0.39, 0.29) is 5.95 Å². The summed E-state index contributed by atoms with van der Waals surface area (Å²) in [5.74, 6) is 6.59. The molecule has 4 N–H and O–H groups in total. The number of rotatable bonds is 2. The second-order valence-electron chi connectivity index (χ2n) is 4.07. The van der Waals surface area contributed by atoms with Gasteiger partial charge in [-0.15, -0.1) is 0 Å². The number of nitrogen functional groups attached to an aromatic ring is 1. The molecule has 2 aromatic heterocycles. The fraction of sp³-hybridized carbons (Fsp3) is 0.400. The van der Waals surface area contributed by atoms with Crippen molar-refractivity contribution in [2.75, 3.05) is 17.8 Å². The van der Waals surface area contributed by atoms with E-state index in [1.165, 1.54) is 5.01 Å². The van der Waals surface area contributed by atoms with Crippen LogP contribution in [-0.2, 0) is 0 Å². The van der Waals surface area contributed by atoms with Crippen molar-refractivity contribution in [2.45, 2.75) is 19.9 Å². The van der Waals surface area contributed by atoms with Crippen molar-refractivity contribution in [2.24, 2.45) is 5.84 Å². The molecule has 2 heterocycles. The number of fused-ring (bicyclic) bond motifs is 1. The van der Waals surface area contributed by atoms with Crippen molar-refractivity contribution in [1.29, 1.82) is 0 Å². The second-order valence-corrected chi connectivity index (χ2v) is 4.07. The van der Waals surface area contributed by atoms with E-state index in [9.17, 15) is 0 Å². The van der Waals surface area contributed by atoms with E-state index in [0.717, 1.165) is 11.0 Å². The van der Waals surface area contributed by atoms with E-state index in [1.807, 2.05) is 16.8 Å². The predicted octanol–water partition coefficient (Wildman–Crippen LogP) is 0.904. The average Bonchev–Trinajstić information content (AvgIpc) is 2.59. The van der Waals surface area contributed by atoms with Gasteiger partial charge in [-0.1, -0.05) is 0 Å². The molecule has 0 bridgehead atoms. The van der Waals surface area contributed by atoms with Crippen LogP contribution < -0.4 is 16.6 Å². The van der Waals surface area contributed by atoms with E-state index in [1.54, 1.807) is 7.05 Å². The largest absolute Gasteiger partial charge is 0.368 e. The van der Waals surface area contributed by atoms with Gasteiger partial charge in [-0.25, -0.2) is 5.84 Å². The zero-order valence-corrected chi connectivity index (χ0v) is 9.68. The zero-order chi connectivity index (χ0) is 11.9. The summed E-state index contributed by atoms with van der Waals surface area (Å²) in [6, 6.07) is 2.27. The number of hydrazine groups is 1. The van der Waals surface area contributed by atoms with Gasteiger partial charge in [-0.3, -0.25) is 5.01 Å². The smallest absolute Gasteiger partial charge is 0.224 e. The highest BCUT2D eigenvalue weighted by molar-refractivity contribution is 5.88. The van der Waals surface area contributed by atoms with Gasteiger partial charge >= 0.3 is 0 Å². The minimum atomic E-state index is 0.236. The quantitative estimate of drug-likeness (QED) is 0.580. The Morgan fingerprint density at radius 1 is 1.38 bits per heavy atom. The normalized spacial score (nSPS) is 11.3. The summed E-state index contributed by atoms with van der Waals surface area (Å²) in [5.41, 5.74) is 6.49. The van der Waals surface area contributed by atoms with Crippen LogP contribution in [0.25, 0.3) is 11.0 Å². The molecule has 0 unspecified atom stereocenters. The lowest BCUT2D eigenvalue weighted by atomic mass is 10.3. The topological polar surface area (TPSA) is 86.0 Å². The Kier molecular flexibility index (Phi) is 2.43. The molecule has 6 heteroatoms. The molecule has 0 saturated carbocycles. The number of nitrogens with two attached hydrogens (primary N) is 2.